The van der Waals surface area contributed by atoms with E-state index < -0.39 is 15.8 Å². The summed E-state index contributed by atoms with van der Waals surface area (Å²) in [5, 5.41) is 0. The minimum absolute atomic E-state index is 0.0920. The molecule has 1 heterocycles. The number of benzene rings is 2. The third-order valence-corrected chi connectivity index (χ3v) is 4.29. The summed E-state index contributed by atoms with van der Waals surface area (Å²) in [5.41, 5.74) is 5.50. The summed E-state index contributed by atoms with van der Waals surface area (Å²) in [6.07, 6.45) is 0. The second-order valence-electron chi connectivity index (χ2n) is 4.36. The van der Waals surface area contributed by atoms with Gasteiger partial charge in [0.2, 0.25) is 6.79 Å². The molecule has 2 aromatic carbocycles. The van der Waals surface area contributed by atoms with Crippen LogP contribution in [0.1, 0.15) is 0 Å². The van der Waals surface area contributed by atoms with Crippen LogP contribution in [0.15, 0.2) is 41.3 Å². The normalized spacial score (nSPS) is 13.2. The van der Waals surface area contributed by atoms with Crippen LogP contribution in [0.25, 0.3) is 0 Å². The van der Waals surface area contributed by atoms with E-state index in [9.17, 15) is 12.8 Å². The van der Waals surface area contributed by atoms with E-state index in [1.54, 1.807) is 6.07 Å². The van der Waals surface area contributed by atoms with Gasteiger partial charge in [-0.3, -0.25) is 4.72 Å². The Hall–Kier alpha value is -2.48. The fourth-order valence-electron chi connectivity index (χ4n) is 1.85. The number of anilines is 2. The molecule has 0 unspecified atom stereocenters. The molecule has 1 aliphatic rings. The number of nitrogens with two attached hydrogens (primary N) is 1. The van der Waals surface area contributed by atoms with E-state index in [1.165, 1.54) is 24.3 Å². The standard InChI is InChI=1S/C13H11FN2O4S/c14-10-6-9(2-3-11(10)15)21(17,18)16-8-1-4-12-13(5-8)20-7-19-12/h1-6,16H,7,15H2. The number of hydrogen-bond acceptors (Lipinski definition) is 5. The van der Waals surface area contributed by atoms with Crippen molar-refractivity contribution < 1.29 is 22.3 Å². The van der Waals surface area contributed by atoms with Crippen LogP contribution in [-0.2, 0) is 10.0 Å². The van der Waals surface area contributed by atoms with Crippen LogP contribution in [-0.4, -0.2) is 15.2 Å². The molecule has 0 aromatic heterocycles. The molecule has 0 saturated carbocycles. The molecule has 0 atom stereocenters. The number of nitrogen functional groups attached to an aromatic ring is 1. The van der Waals surface area contributed by atoms with Gasteiger partial charge in [0.15, 0.2) is 11.5 Å². The molecule has 110 valence electrons. The Balaban J connectivity index is 1.90. The fraction of sp³-hybridized carbons (Fsp3) is 0.0769. The molecular formula is C13H11FN2O4S. The largest absolute Gasteiger partial charge is 0.454 e. The van der Waals surface area contributed by atoms with Crippen LogP contribution in [0, 0.1) is 5.82 Å². The van der Waals surface area contributed by atoms with Crippen molar-refractivity contribution in [2.75, 3.05) is 17.2 Å². The lowest BCUT2D eigenvalue weighted by molar-refractivity contribution is 0.174. The lowest BCUT2D eigenvalue weighted by Crippen LogP contribution is -2.13. The minimum Gasteiger partial charge on any atom is -0.454 e. The number of rotatable bonds is 3. The topological polar surface area (TPSA) is 90.7 Å². The number of sulfonamides is 1. The van der Waals surface area contributed by atoms with Gasteiger partial charge >= 0.3 is 0 Å². The van der Waals surface area contributed by atoms with E-state index in [2.05, 4.69) is 4.72 Å². The summed E-state index contributed by atoms with van der Waals surface area (Å²) in [6.45, 7) is 0.0920. The molecule has 0 spiro atoms. The van der Waals surface area contributed by atoms with Crippen molar-refractivity contribution in [3.8, 4) is 11.5 Å². The number of fused-ring (bicyclic) bond motifs is 1. The summed E-state index contributed by atoms with van der Waals surface area (Å²) in [4.78, 5) is -0.216. The summed E-state index contributed by atoms with van der Waals surface area (Å²) in [7, 11) is -3.91. The zero-order valence-corrected chi connectivity index (χ0v) is 11.5. The van der Waals surface area contributed by atoms with Crippen LogP contribution in [0.3, 0.4) is 0 Å². The molecule has 2 aromatic rings. The van der Waals surface area contributed by atoms with Crippen molar-refractivity contribution in [1.29, 1.82) is 0 Å². The third-order valence-electron chi connectivity index (χ3n) is 2.91. The Morgan fingerprint density at radius 1 is 1.10 bits per heavy atom. The minimum atomic E-state index is -3.91. The molecule has 3 N–H and O–H groups in total. The highest BCUT2D eigenvalue weighted by Crippen LogP contribution is 2.34. The maximum Gasteiger partial charge on any atom is 0.262 e. The molecular weight excluding hydrogens is 299 g/mol. The second-order valence-corrected chi connectivity index (χ2v) is 6.04. The lowest BCUT2D eigenvalue weighted by Gasteiger charge is -2.09. The summed E-state index contributed by atoms with van der Waals surface area (Å²) >= 11 is 0. The number of ether oxygens (including phenoxy) is 2. The van der Waals surface area contributed by atoms with E-state index in [0.717, 1.165) is 6.07 Å². The Labute approximate surface area is 120 Å². The highest BCUT2D eigenvalue weighted by molar-refractivity contribution is 7.92. The highest BCUT2D eigenvalue weighted by atomic mass is 32.2. The predicted molar refractivity (Wildman–Crippen MR) is 74.2 cm³/mol. The van der Waals surface area contributed by atoms with Gasteiger partial charge in [-0.25, -0.2) is 12.8 Å². The molecule has 0 saturated heterocycles. The van der Waals surface area contributed by atoms with Gasteiger partial charge in [-0.2, -0.15) is 0 Å². The van der Waals surface area contributed by atoms with Gasteiger partial charge in [-0.05, 0) is 30.3 Å². The van der Waals surface area contributed by atoms with Crippen molar-refractivity contribution >= 4 is 21.4 Å². The summed E-state index contributed by atoms with van der Waals surface area (Å²) in [6, 6.07) is 7.90. The molecule has 0 aliphatic carbocycles. The monoisotopic (exact) mass is 310 g/mol. The summed E-state index contributed by atoms with van der Waals surface area (Å²) < 4.78 is 50.4. The molecule has 21 heavy (non-hydrogen) atoms. The predicted octanol–water partition coefficient (Wildman–Crippen LogP) is 1.94. The summed E-state index contributed by atoms with van der Waals surface area (Å²) in [5.74, 6) is 0.193. The lowest BCUT2D eigenvalue weighted by atomic mass is 10.3. The van der Waals surface area contributed by atoms with Crippen LogP contribution in [0.5, 0.6) is 11.5 Å². The molecule has 1 aliphatic heterocycles. The van der Waals surface area contributed by atoms with E-state index in [-0.39, 0.29) is 23.1 Å². The molecule has 0 radical (unpaired) electrons. The van der Waals surface area contributed by atoms with Crippen LogP contribution in [0.4, 0.5) is 15.8 Å². The third kappa shape index (κ3) is 2.57. The maximum atomic E-state index is 13.4. The van der Waals surface area contributed by atoms with E-state index in [0.29, 0.717) is 11.5 Å². The maximum absolute atomic E-state index is 13.4. The van der Waals surface area contributed by atoms with Crippen molar-refractivity contribution in [2.45, 2.75) is 4.90 Å². The van der Waals surface area contributed by atoms with Crippen molar-refractivity contribution in [1.82, 2.24) is 0 Å². The van der Waals surface area contributed by atoms with Crippen LogP contribution in [0.2, 0.25) is 0 Å². The van der Waals surface area contributed by atoms with Gasteiger partial charge in [-0.1, -0.05) is 0 Å². The van der Waals surface area contributed by atoms with Gasteiger partial charge in [-0.15, -0.1) is 0 Å². The van der Waals surface area contributed by atoms with Gasteiger partial charge in [0.05, 0.1) is 16.3 Å². The quantitative estimate of drug-likeness (QED) is 0.845. The number of halogens is 1. The van der Waals surface area contributed by atoms with E-state index >= 15 is 0 Å². The first-order valence-corrected chi connectivity index (χ1v) is 7.41. The number of hydrogen-bond donors (Lipinski definition) is 2. The first kappa shape index (κ1) is 13.5. The zero-order chi connectivity index (χ0) is 15.0. The van der Waals surface area contributed by atoms with Crippen LogP contribution < -0.4 is 19.9 Å². The average Bonchev–Trinajstić information content (AvgIpc) is 2.88. The SMILES string of the molecule is Nc1ccc(S(=O)(=O)Nc2ccc3c(c2)OCO3)cc1F. The van der Waals surface area contributed by atoms with Gasteiger partial charge in [0.1, 0.15) is 5.82 Å². The molecule has 0 fully saturated rings. The van der Waals surface area contributed by atoms with E-state index in [1.807, 2.05) is 0 Å². The van der Waals surface area contributed by atoms with Crippen molar-refractivity contribution in [3.05, 3.63) is 42.2 Å². The molecule has 0 amide bonds. The van der Waals surface area contributed by atoms with Crippen molar-refractivity contribution in [3.63, 3.8) is 0 Å². The van der Waals surface area contributed by atoms with Gasteiger partial charge in [0.25, 0.3) is 10.0 Å². The zero-order valence-electron chi connectivity index (χ0n) is 10.7. The fourth-order valence-corrected chi connectivity index (χ4v) is 2.91. The first-order chi connectivity index (χ1) is 9.95. The number of nitrogens with one attached hydrogen (secondary N) is 1. The van der Waals surface area contributed by atoms with Gasteiger partial charge in [0, 0.05) is 6.07 Å². The Morgan fingerprint density at radius 3 is 2.62 bits per heavy atom. The second kappa shape index (κ2) is 4.81. The molecule has 8 heteroatoms. The first-order valence-electron chi connectivity index (χ1n) is 5.93. The Morgan fingerprint density at radius 2 is 1.86 bits per heavy atom. The molecule has 3 rings (SSSR count). The van der Waals surface area contributed by atoms with Crippen LogP contribution >= 0.6 is 0 Å². The average molecular weight is 310 g/mol. The Bertz CT molecular complexity index is 808. The molecule has 0 bridgehead atoms. The highest BCUT2D eigenvalue weighted by Gasteiger charge is 2.18. The van der Waals surface area contributed by atoms with Crippen molar-refractivity contribution in [2.24, 2.45) is 0 Å². The Kier molecular flexibility index (Phi) is 3.09. The molecule has 6 nitrogen and oxygen atoms in total. The van der Waals surface area contributed by atoms with E-state index in [4.69, 9.17) is 15.2 Å². The van der Waals surface area contributed by atoms with Gasteiger partial charge < -0.3 is 15.2 Å². The smallest absolute Gasteiger partial charge is 0.262 e.